The van der Waals surface area contributed by atoms with E-state index in [0.717, 1.165) is 25.1 Å². The van der Waals surface area contributed by atoms with E-state index in [0.29, 0.717) is 40.0 Å². The Bertz CT molecular complexity index is 1040. The summed E-state index contributed by atoms with van der Waals surface area (Å²) < 4.78 is 0. The number of carbonyl (C=O) groups is 1. The number of benzene rings is 1. The number of thioether (sulfide) groups is 1. The fraction of sp³-hybridized carbons (Fsp3) is 0.391. The molecule has 1 aromatic carbocycles. The van der Waals surface area contributed by atoms with Gasteiger partial charge in [-0.25, -0.2) is 4.98 Å². The highest BCUT2D eigenvalue weighted by Gasteiger charge is 2.31. The lowest BCUT2D eigenvalue weighted by molar-refractivity contribution is -0.117. The number of hydrogen-bond donors (Lipinski definition) is 1. The maximum atomic E-state index is 12.3. The molecule has 2 aromatic rings. The number of amides is 1. The van der Waals surface area contributed by atoms with Crippen molar-refractivity contribution in [2.24, 2.45) is 5.73 Å². The highest BCUT2D eigenvalue weighted by Crippen LogP contribution is 2.40. The molecule has 2 N–H and O–H groups in total. The number of rotatable bonds is 7. The monoisotopic (exact) mass is 434 g/mol. The second kappa shape index (κ2) is 9.82. The van der Waals surface area contributed by atoms with Gasteiger partial charge in [-0.1, -0.05) is 49.0 Å². The van der Waals surface area contributed by atoms with Crippen LogP contribution in [0.1, 0.15) is 40.8 Å². The van der Waals surface area contributed by atoms with E-state index < -0.39 is 11.2 Å². The van der Waals surface area contributed by atoms with Gasteiger partial charge in [0, 0.05) is 19.1 Å². The van der Waals surface area contributed by atoms with Crippen LogP contribution in [0.4, 0.5) is 5.82 Å². The smallest absolute Gasteiger partial charge is 0.235 e. The molecule has 2 atom stereocenters. The summed E-state index contributed by atoms with van der Waals surface area (Å²) in [5.41, 5.74) is 7.92. The fourth-order valence-corrected chi connectivity index (χ4v) is 4.94. The summed E-state index contributed by atoms with van der Waals surface area (Å²) in [6.45, 7) is 3.46. The van der Waals surface area contributed by atoms with Crippen LogP contribution >= 0.6 is 11.8 Å². The third-order valence-electron chi connectivity index (χ3n) is 5.61. The average molecular weight is 435 g/mol. The van der Waals surface area contributed by atoms with Crippen LogP contribution in [0.25, 0.3) is 0 Å². The van der Waals surface area contributed by atoms with Crippen LogP contribution in [0.3, 0.4) is 0 Å². The summed E-state index contributed by atoms with van der Waals surface area (Å²) in [4.78, 5) is 21.3. The van der Waals surface area contributed by atoms with Gasteiger partial charge in [0.05, 0.1) is 11.1 Å². The quantitative estimate of drug-likeness (QED) is 0.667. The first-order chi connectivity index (χ1) is 14.9. The predicted molar refractivity (Wildman–Crippen MR) is 122 cm³/mol. The molecule has 1 aromatic heterocycles. The maximum Gasteiger partial charge on any atom is 0.235 e. The van der Waals surface area contributed by atoms with Crippen LogP contribution in [0.15, 0.2) is 35.4 Å². The first kappa shape index (κ1) is 22.6. The Morgan fingerprint density at radius 1 is 1.29 bits per heavy atom. The predicted octanol–water partition coefficient (Wildman–Crippen LogP) is 2.85. The molecule has 0 spiro atoms. The van der Waals surface area contributed by atoms with Gasteiger partial charge in [-0.15, -0.1) is 0 Å². The molecular formula is C23H26N6OS. The van der Waals surface area contributed by atoms with Crippen LogP contribution in [0.2, 0.25) is 0 Å². The minimum atomic E-state index is -0.681. The Kier molecular flexibility index (Phi) is 7.17. The number of nitrogens with zero attached hydrogens (tertiary/aromatic N) is 5. The Morgan fingerprint density at radius 2 is 1.97 bits per heavy atom. The van der Waals surface area contributed by atoms with Crippen LogP contribution in [-0.4, -0.2) is 49.0 Å². The molecule has 31 heavy (non-hydrogen) atoms. The van der Waals surface area contributed by atoms with Crippen molar-refractivity contribution in [3.8, 4) is 12.1 Å². The first-order valence-electron chi connectivity index (χ1n) is 10.2. The van der Waals surface area contributed by atoms with E-state index in [2.05, 4.69) is 21.9 Å². The third kappa shape index (κ3) is 4.66. The van der Waals surface area contributed by atoms with Crippen molar-refractivity contribution < 1.29 is 4.79 Å². The van der Waals surface area contributed by atoms with Crippen molar-refractivity contribution >= 4 is 23.5 Å². The number of nitriles is 2. The molecule has 0 saturated carbocycles. The molecule has 0 radical (unpaired) electrons. The summed E-state index contributed by atoms with van der Waals surface area (Å²) >= 11 is 1.18. The van der Waals surface area contributed by atoms with Crippen molar-refractivity contribution in [2.45, 2.75) is 36.1 Å². The normalized spacial score (nSPS) is 16.7. The number of hydrogen-bond acceptors (Lipinski definition) is 7. The summed E-state index contributed by atoms with van der Waals surface area (Å²) in [6.07, 6.45) is 1.49. The van der Waals surface area contributed by atoms with E-state index in [1.807, 2.05) is 51.4 Å². The number of likely N-dealkylation sites (N-methyl/N-ethyl adjacent to an activating group) is 1. The number of anilines is 1. The molecule has 7 nitrogen and oxygen atoms in total. The van der Waals surface area contributed by atoms with Crippen LogP contribution in [0, 0.1) is 22.7 Å². The van der Waals surface area contributed by atoms with Crippen LogP contribution < -0.4 is 10.6 Å². The molecule has 1 aliphatic heterocycles. The highest BCUT2D eigenvalue weighted by atomic mass is 32.2. The molecule has 0 aliphatic carbocycles. The van der Waals surface area contributed by atoms with Crippen LogP contribution in [0.5, 0.6) is 0 Å². The summed E-state index contributed by atoms with van der Waals surface area (Å²) in [6, 6.07) is 14.1. The Morgan fingerprint density at radius 3 is 2.48 bits per heavy atom. The van der Waals surface area contributed by atoms with E-state index in [-0.39, 0.29) is 0 Å². The molecule has 1 unspecified atom stereocenters. The van der Waals surface area contributed by atoms with Gasteiger partial charge in [0.2, 0.25) is 5.91 Å². The molecule has 160 valence electrons. The number of primary amides is 1. The molecule has 1 saturated heterocycles. The zero-order valence-corrected chi connectivity index (χ0v) is 18.8. The molecule has 3 rings (SSSR count). The summed E-state index contributed by atoms with van der Waals surface area (Å²) in [5, 5.41) is 19.6. The Hall–Kier alpha value is -3.07. The van der Waals surface area contributed by atoms with Crippen molar-refractivity contribution in [2.75, 3.05) is 32.1 Å². The molecule has 1 aliphatic rings. The van der Waals surface area contributed by atoms with E-state index in [1.54, 1.807) is 0 Å². The molecule has 0 bridgehead atoms. The van der Waals surface area contributed by atoms with E-state index >= 15 is 0 Å². The Labute approximate surface area is 187 Å². The second-order valence-electron chi connectivity index (χ2n) is 7.71. The number of carbonyl (C=O) groups excluding carboxylic acids is 1. The highest BCUT2D eigenvalue weighted by molar-refractivity contribution is 8.00. The van der Waals surface area contributed by atoms with Crippen molar-refractivity contribution in [1.29, 1.82) is 10.5 Å². The zero-order chi connectivity index (χ0) is 22.5. The van der Waals surface area contributed by atoms with Crippen molar-refractivity contribution in [1.82, 2.24) is 9.88 Å². The lowest BCUT2D eigenvalue weighted by Crippen LogP contribution is -2.32. The van der Waals surface area contributed by atoms with Gasteiger partial charge in [0.1, 0.15) is 28.2 Å². The van der Waals surface area contributed by atoms with Gasteiger partial charge in [0.15, 0.2) is 0 Å². The number of pyridine rings is 1. The average Bonchev–Trinajstić information content (AvgIpc) is 3.27. The van der Waals surface area contributed by atoms with E-state index in [4.69, 9.17) is 10.7 Å². The van der Waals surface area contributed by atoms with Crippen molar-refractivity contribution in [3.05, 3.63) is 52.6 Å². The van der Waals surface area contributed by atoms with Gasteiger partial charge in [0.25, 0.3) is 0 Å². The van der Waals surface area contributed by atoms with Gasteiger partial charge < -0.3 is 15.5 Å². The minimum absolute atomic E-state index is 0.346. The topological polar surface area (TPSA) is 110 Å². The molecule has 2 heterocycles. The lowest BCUT2D eigenvalue weighted by atomic mass is 10.0. The number of aromatic nitrogens is 1. The molecule has 8 heteroatoms. The summed E-state index contributed by atoms with van der Waals surface area (Å²) in [7, 11) is 4.09. The fourth-order valence-electron chi connectivity index (χ4n) is 3.88. The minimum Gasteiger partial charge on any atom is -0.368 e. The van der Waals surface area contributed by atoms with E-state index in [1.165, 1.54) is 11.8 Å². The largest absolute Gasteiger partial charge is 0.368 e. The van der Waals surface area contributed by atoms with Gasteiger partial charge in [-0.05, 0) is 38.1 Å². The van der Waals surface area contributed by atoms with E-state index in [9.17, 15) is 15.3 Å². The third-order valence-corrected chi connectivity index (χ3v) is 6.87. The van der Waals surface area contributed by atoms with Crippen LogP contribution in [-0.2, 0) is 11.2 Å². The standard InChI is InChI=1S/C23H26N6OS/c1-4-17-18(12-24)22(29-11-10-16(14-29)28(2)3)27-23(19(17)13-25)31-20(21(26)30)15-8-6-5-7-9-15/h5-9,16,20H,4,10-11,14H2,1-3H3,(H2,26,30)/t16-,20?/m1/s1. The van der Waals surface area contributed by atoms with Gasteiger partial charge in [-0.3, -0.25) is 4.79 Å². The van der Waals surface area contributed by atoms with Gasteiger partial charge in [-0.2, -0.15) is 10.5 Å². The maximum absolute atomic E-state index is 12.3. The zero-order valence-electron chi connectivity index (χ0n) is 18.0. The van der Waals surface area contributed by atoms with Gasteiger partial charge >= 0.3 is 0 Å². The SMILES string of the molecule is CCc1c(C#N)c(SC(C(N)=O)c2ccccc2)nc(N2CC[C@@H](N(C)C)C2)c1C#N. The number of nitrogens with two attached hydrogens (primary N) is 1. The summed E-state index contributed by atoms with van der Waals surface area (Å²) in [5.74, 6) is 0.0844. The lowest BCUT2D eigenvalue weighted by Gasteiger charge is -2.24. The van der Waals surface area contributed by atoms with Crippen molar-refractivity contribution in [3.63, 3.8) is 0 Å². The molecule has 1 fully saturated rings. The first-order valence-corrected chi connectivity index (χ1v) is 11.1. The Balaban J connectivity index is 2.10. The molecule has 1 amide bonds. The second-order valence-corrected chi connectivity index (χ2v) is 8.80. The molecular weight excluding hydrogens is 408 g/mol.